The standard InChI is InChI=1S/C23H36N4O3/c1-18(28)24-19-9-14-26(15-10-19)17-23(30)11-6-13-27(16-12-23)22(29)20-7-4-5-8-21(20)25(2)3/h4-5,7-8,19,30H,6,9-17H2,1-3H3,(H,24,28). The van der Waals surface area contributed by atoms with Crippen molar-refractivity contribution < 1.29 is 14.7 Å². The van der Waals surface area contributed by atoms with Gasteiger partial charge in [0.15, 0.2) is 0 Å². The first-order valence-electron chi connectivity index (χ1n) is 11.0. The highest BCUT2D eigenvalue weighted by Gasteiger charge is 2.35. The second kappa shape index (κ2) is 9.79. The number of likely N-dealkylation sites (tertiary alicyclic amines) is 2. The minimum Gasteiger partial charge on any atom is -0.388 e. The van der Waals surface area contributed by atoms with Crippen LogP contribution in [0.25, 0.3) is 0 Å². The number of nitrogens with one attached hydrogen (secondary N) is 1. The molecule has 2 amide bonds. The molecule has 0 saturated carbocycles. The molecular weight excluding hydrogens is 380 g/mol. The van der Waals surface area contributed by atoms with Crippen LogP contribution in [0.3, 0.4) is 0 Å². The Morgan fingerprint density at radius 2 is 1.83 bits per heavy atom. The molecule has 3 rings (SSSR count). The topological polar surface area (TPSA) is 76.1 Å². The minimum absolute atomic E-state index is 0.0245. The third-order valence-corrected chi connectivity index (χ3v) is 6.33. The predicted octanol–water partition coefficient (Wildman–Crippen LogP) is 1.71. The van der Waals surface area contributed by atoms with Gasteiger partial charge in [0.25, 0.3) is 5.91 Å². The van der Waals surface area contributed by atoms with Crippen LogP contribution < -0.4 is 10.2 Å². The van der Waals surface area contributed by atoms with Gasteiger partial charge in [-0.3, -0.25) is 9.59 Å². The summed E-state index contributed by atoms with van der Waals surface area (Å²) in [6.45, 7) is 5.20. The number of rotatable bonds is 5. The first-order valence-corrected chi connectivity index (χ1v) is 11.0. The number of carbonyl (C=O) groups excluding carboxylic acids is 2. The number of benzene rings is 1. The molecular formula is C23H36N4O3. The molecule has 1 aromatic carbocycles. The molecule has 7 heteroatoms. The number of anilines is 1. The van der Waals surface area contributed by atoms with Crippen LogP contribution in [0.2, 0.25) is 0 Å². The lowest BCUT2D eigenvalue weighted by atomic mass is 9.93. The van der Waals surface area contributed by atoms with Crippen molar-refractivity contribution in [2.75, 3.05) is 51.7 Å². The van der Waals surface area contributed by atoms with Gasteiger partial charge in [0, 0.05) is 65.5 Å². The summed E-state index contributed by atoms with van der Waals surface area (Å²) in [7, 11) is 3.89. The predicted molar refractivity (Wildman–Crippen MR) is 119 cm³/mol. The van der Waals surface area contributed by atoms with E-state index in [-0.39, 0.29) is 17.9 Å². The summed E-state index contributed by atoms with van der Waals surface area (Å²) in [5.74, 6) is 0.0658. The lowest BCUT2D eigenvalue weighted by molar-refractivity contribution is -0.120. The molecule has 1 aromatic rings. The zero-order chi connectivity index (χ0) is 21.7. The molecule has 1 atom stereocenters. The fourth-order valence-electron chi connectivity index (χ4n) is 4.69. The number of hydrogen-bond donors (Lipinski definition) is 2. The largest absolute Gasteiger partial charge is 0.388 e. The summed E-state index contributed by atoms with van der Waals surface area (Å²) >= 11 is 0. The Morgan fingerprint density at radius 1 is 1.13 bits per heavy atom. The summed E-state index contributed by atoms with van der Waals surface area (Å²) in [5, 5.41) is 14.3. The van der Waals surface area contributed by atoms with Crippen molar-refractivity contribution in [3.63, 3.8) is 0 Å². The van der Waals surface area contributed by atoms with Crippen molar-refractivity contribution in [1.82, 2.24) is 15.1 Å². The van der Waals surface area contributed by atoms with Gasteiger partial charge in [-0.15, -0.1) is 0 Å². The van der Waals surface area contributed by atoms with Crippen molar-refractivity contribution in [2.24, 2.45) is 0 Å². The molecule has 0 bridgehead atoms. The van der Waals surface area contributed by atoms with Gasteiger partial charge in [-0.2, -0.15) is 0 Å². The van der Waals surface area contributed by atoms with Gasteiger partial charge in [0.1, 0.15) is 0 Å². The van der Waals surface area contributed by atoms with E-state index in [0.717, 1.165) is 38.0 Å². The Morgan fingerprint density at radius 3 is 2.50 bits per heavy atom. The third-order valence-electron chi connectivity index (χ3n) is 6.33. The van der Waals surface area contributed by atoms with Gasteiger partial charge >= 0.3 is 0 Å². The van der Waals surface area contributed by atoms with Crippen LogP contribution in [0.4, 0.5) is 5.69 Å². The van der Waals surface area contributed by atoms with Crippen LogP contribution >= 0.6 is 0 Å². The average molecular weight is 417 g/mol. The van der Waals surface area contributed by atoms with Crippen molar-refractivity contribution in [2.45, 2.75) is 50.7 Å². The number of amides is 2. The van der Waals surface area contributed by atoms with E-state index < -0.39 is 5.60 Å². The normalized spacial score (nSPS) is 23.7. The summed E-state index contributed by atoms with van der Waals surface area (Å²) in [4.78, 5) is 30.6. The molecule has 2 saturated heterocycles. The van der Waals surface area contributed by atoms with E-state index in [4.69, 9.17) is 0 Å². The van der Waals surface area contributed by atoms with E-state index in [1.54, 1.807) is 6.92 Å². The van der Waals surface area contributed by atoms with E-state index in [0.29, 0.717) is 38.0 Å². The van der Waals surface area contributed by atoms with Gasteiger partial charge < -0.3 is 25.1 Å². The highest BCUT2D eigenvalue weighted by molar-refractivity contribution is 5.99. The van der Waals surface area contributed by atoms with Gasteiger partial charge in [0.05, 0.1) is 11.2 Å². The Bertz CT molecular complexity index is 746. The molecule has 1 unspecified atom stereocenters. The summed E-state index contributed by atoms with van der Waals surface area (Å²) in [6, 6.07) is 7.94. The molecule has 0 spiro atoms. The third kappa shape index (κ3) is 5.73. The van der Waals surface area contributed by atoms with Crippen LogP contribution in [0.1, 0.15) is 49.4 Å². The van der Waals surface area contributed by atoms with Crippen molar-refractivity contribution in [1.29, 1.82) is 0 Å². The number of aliphatic hydroxyl groups is 1. The number of piperidine rings is 1. The number of carbonyl (C=O) groups is 2. The maximum absolute atomic E-state index is 13.2. The smallest absolute Gasteiger partial charge is 0.255 e. The summed E-state index contributed by atoms with van der Waals surface area (Å²) in [6.07, 6.45) is 3.93. The second-order valence-electron chi connectivity index (χ2n) is 9.03. The quantitative estimate of drug-likeness (QED) is 0.764. The van der Waals surface area contributed by atoms with Crippen molar-refractivity contribution in [3.8, 4) is 0 Å². The highest BCUT2D eigenvalue weighted by atomic mass is 16.3. The zero-order valence-electron chi connectivity index (χ0n) is 18.6. The maximum atomic E-state index is 13.2. The van der Waals surface area contributed by atoms with E-state index in [9.17, 15) is 14.7 Å². The van der Waals surface area contributed by atoms with Gasteiger partial charge in [-0.05, 0) is 44.2 Å². The molecule has 7 nitrogen and oxygen atoms in total. The number of hydrogen-bond acceptors (Lipinski definition) is 5. The summed E-state index contributed by atoms with van der Waals surface area (Å²) in [5.41, 5.74) is 0.869. The fourth-order valence-corrected chi connectivity index (χ4v) is 4.69. The van der Waals surface area contributed by atoms with E-state index in [1.807, 2.05) is 48.2 Å². The van der Waals surface area contributed by atoms with E-state index >= 15 is 0 Å². The van der Waals surface area contributed by atoms with Crippen LogP contribution in [-0.4, -0.2) is 85.2 Å². The lowest BCUT2D eigenvalue weighted by Crippen LogP contribution is -2.50. The lowest BCUT2D eigenvalue weighted by Gasteiger charge is -2.38. The van der Waals surface area contributed by atoms with E-state index in [2.05, 4.69) is 10.2 Å². The Labute approximate surface area is 180 Å². The van der Waals surface area contributed by atoms with Gasteiger partial charge in [0.2, 0.25) is 5.91 Å². The molecule has 2 heterocycles. The van der Waals surface area contributed by atoms with Crippen LogP contribution in [0.15, 0.2) is 24.3 Å². The van der Waals surface area contributed by atoms with E-state index in [1.165, 1.54) is 0 Å². The molecule has 2 fully saturated rings. The Hall–Kier alpha value is -2.12. The molecule has 2 aliphatic rings. The highest BCUT2D eigenvalue weighted by Crippen LogP contribution is 2.27. The minimum atomic E-state index is -0.767. The van der Waals surface area contributed by atoms with Crippen LogP contribution in [-0.2, 0) is 4.79 Å². The average Bonchev–Trinajstić information content (AvgIpc) is 2.90. The number of β-amino-alcohol motifs (C(OH)–C–C–N with tert-alkyl or cyclic N) is 1. The molecule has 0 aliphatic carbocycles. The van der Waals surface area contributed by atoms with Crippen molar-refractivity contribution in [3.05, 3.63) is 29.8 Å². The Balaban J connectivity index is 1.57. The molecule has 2 N–H and O–H groups in total. The molecule has 30 heavy (non-hydrogen) atoms. The molecule has 166 valence electrons. The zero-order valence-corrected chi connectivity index (χ0v) is 18.6. The molecule has 0 radical (unpaired) electrons. The van der Waals surface area contributed by atoms with Gasteiger partial charge in [-0.25, -0.2) is 0 Å². The monoisotopic (exact) mass is 416 g/mol. The first-order chi connectivity index (χ1) is 14.3. The van der Waals surface area contributed by atoms with Crippen LogP contribution in [0.5, 0.6) is 0 Å². The van der Waals surface area contributed by atoms with Crippen molar-refractivity contribution >= 4 is 17.5 Å². The summed E-state index contributed by atoms with van der Waals surface area (Å²) < 4.78 is 0. The number of nitrogens with zero attached hydrogens (tertiary/aromatic N) is 3. The van der Waals surface area contributed by atoms with Gasteiger partial charge in [-0.1, -0.05) is 12.1 Å². The number of para-hydroxylation sites is 1. The Kier molecular flexibility index (Phi) is 7.36. The fraction of sp³-hybridized carbons (Fsp3) is 0.652. The first kappa shape index (κ1) is 22.6. The molecule has 0 aromatic heterocycles. The maximum Gasteiger partial charge on any atom is 0.255 e. The SMILES string of the molecule is CC(=O)NC1CCN(CC2(O)CCCN(C(=O)c3ccccc3N(C)C)CC2)CC1. The van der Waals surface area contributed by atoms with Crippen LogP contribution in [0, 0.1) is 0 Å². The second-order valence-corrected chi connectivity index (χ2v) is 9.03. The molecule has 2 aliphatic heterocycles.